The summed E-state index contributed by atoms with van der Waals surface area (Å²) < 4.78 is 6.70. The molecule has 5 aromatic rings. The summed E-state index contributed by atoms with van der Waals surface area (Å²) in [5.74, 6) is 3.08. The lowest BCUT2D eigenvalue weighted by molar-refractivity contribution is 0.482. The summed E-state index contributed by atoms with van der Waals surface area (Å²) in [5.41, 5.74) is 6.05. The fourth-order valence-electron chi connectivity index (χ4n) is 5.09. The van der Waals surface area contributed by atoms with E-state index in [1.165, 1.54) is 22.3 Å². The second kappa shape index (κ2) is 7.54. The van der Waals surface area contributed by atoms with Crippen LogP contribution < -0.4 is 9.64 Å². The highest BCUT2D eigenvalue weighted by Gasteiger charge is 2.33. The highest BCUT2D eigenvalue weighted by atomic mass is 16.5. The number of ether oxygens (including phenoxy) is 1. The number of aryl methyl sites for hydroxylation is 3. The highest BCUT2D eigenvalue weighted by Crippen LogP contribution is 2.54. The van der Waals surface area contributed by atoms with Gasteiger partial charge in [0.1, 0.15) is 0 Å². The van der Waals surface area contributed by atoms with Crippen LogP contribution in [0.4, 0.5) is 17.3 Å². The number of rotatable bonds is 1. The number of hydrogen-bond acceptors (Lipinski definition) is 4. The van der Waals surface area contributed by atoms with E-state index in [2.05, 4.69) is 88.9 Å². The smallest absolute Gasteiger partial charge is 0.183 e. The Balaban J connectivity index is 1.70. The second-order valence-corrected chi connectivity index (χ2v) is 10.6. The van der Waals surface area contributed by atoms with E-state index in [1.54, 1.807) is 0 Å². The maximum Gasteiger partial charge on any atom is 0.183 e. The van der Waals surface area contributed by atoms with Gasteiger partial charge >= 0.3 is 0 Å². The molecule has 0 unspecified atom stereocenters. The molecule has 4 heteroatoms. The maximum absolute atomic E-state index is 6.70. The molecule has 0 bridgehead atoms. The van der Waals surface area contributed by atoms with Gasteiger partial charge in [-0.15, -0.1) is 0 Å². The molecule has 3 aromatic carbocycles. The summed E-state index contributed by atoms with van der Waals surface area (Å²) in [6.07, 6.45) is 3.86. The molecule has 174 valence electrons. The first-order valence-corrected chi connectivity index (χ1v) is 12.1. The first kappa shape index (κ1) is 21.6. The maximum atomic E-state index is 6.70. The lowest BCUT2D eigenvalue weighted by Crippen LogP contribution is -2.21. The molecule has 6 rings (SSSR count). The van der Waals surface area contributed by atoms with Crippen LogP contribution in [0.1, 0.15) is 43.0 Å². The molecule has 0 spiro atoms. The second-order valence-electron chi connectivity index (χ2n) is 10.6. The topological polar surface area (TPSA) is 38.3 Å². The van der Waals surface area contributed by atoms with Crippen molar-refractivity contribution in [3.63, 3.8) is 0 Å². The van der Waals surface area contributed by atoms with Gasteiger partial charge in [0.15, 0.2) is 23.1 Å². The summed E-state index contributed by atoms with van der Waals surface area (Å²) in [4.78, 5) is 12.0. The van der Waals surface area contributed by atoms with Gasteiger partial charge in [0.2, 0.25) is 0 Å². The van der Waals surface area contributed by atoms with Gasteiger partial charge in [0.25, 0.3) is 0 Å². The average Bonchev–Trinajstić information content (AvgIpc) is 2.82. The van der Waals surface area contributed by atoms with Gasteiger partial charge in [0.05, 0.1) is 5.69 Å². The molecule has 1 aliphatic rings. The Kier molecular flexibility index (Phi) is 4.65. The van der Waals surface area contributed by atoms with Crippen molar-refractivity contribution in [2.75, 3.05) is 4.90 Å². The molecule has 0 fully saturated rings. The summed E-state index contributed by atoms with van der Waals surface area (Å²) in [7, 11) is 0. The van der Waals surface area contributed by atoms with Gasteiger partial charge in [-0.1, -0.05) is 74.9 Å². The van der Waals surface area contributed by atoms with Gasteiger partial charge in [-0.2, -0.15) is 0 Å². The first-order chi connectivity index (χ1) is 16.7. The van der Waals surface area contributed by atoms with Crippen molar-refractivity contribution in [1.29, 1.82) is 0 Å². The average molecular weight is 460 g/mol. The summed E-state index contributed by atoms with van der Waals surface area (Å²) in [5, 5.41) is 4.21. The Hall–Kier alpha value is -3.92. The van der Waals surface area contributed by atoms with Crippen LogP contribution in [-0.2, 0) is 5.41 Å². The predicted octanol–water partition coefficient (Wildman–Crippen LogP) is 8.58. The Morgan fingerprint density at radius 1 is 0.714 bits per heavy atom. The normalized spacial score (nSPS) is 13.0. The van der Waals surface area contributed by atoms with Crippen LogP contribution in [0.5, 0.6) is 11.5 Å². The number of nitrogens with zero attached hydrogens (tertiary/aromatic N) is 3. The van der Waals surface area contributed by atoms with Crippen LogP contribution in [0.25, 0.3) is 21.5 Å². The molecular weight excluding hydrogens is 430 g/mol. The molecule has 4 nitrogen and oxygen atoms in total. The lowest BCUT2D eigenvalue weighted by atomic mass is 9.84. The van der Waals surface area contributed by atoms with Crippen molar-refractivity contribution in [3.05, 3.63) is 89.2 Å². The lowest BCUT2D eigenvalue weighted by Gasteiger charge is -2.34. The van der Waals surface area contributed by atoms with Gasteiger partial charge < -0.3 is 4.74 Å². The molecule has 0 N–H and O–H groups in total. The van der Waals surface area contributed by atoms with Crippen LogP contribution in [0.2, 0.25) is 0 Å². The third-order valence-corrected chi connectivity index (χ3v) is 6.93. The molecule has 3 heterocycles. The first-order valence-electron chi connectivity index (χ1n) is 12.1. The van der Waals surface area contributed by atoms with Crippen LogP contribution >= 0.6 is 0 Å². The SMILES string of the molecule is Cc1ccc2cnc3c(c2c1)Oc1c(ncc2ccccc12)N3c1c(C)cc(C(C)(C)C)cc1C. The minimum atomic E-state index is 0.0648. The zero-order valence-electron chi connectivity index (χ0n) is 21.1. The van der Waals surface area contributed by atoms with Crippen molar-refractivity contribution in [2.24, 2.45) is 0 Å². The molecule has 1 aliphatic heterocycles. The molecule has 0 aliphatic carbocycles. The molecule has 0 radical (unpaired) electrons. The number of benzene rings is 3. The van der Waals surface area contributed by atoms with Crippen LogP contribution in [-0.4, -0.2) is 9.97 Å². The monoisotopic (exact) mass is 459 g/mol. The Labute approximate surface area is 206 Å². The van der Waals surface area contributed by atoms with E-state index in [1.807, 2.05) is 24.5 Å². The number of pyridine rings is 2. The van der Waals surface area contributed by atoms with Crippen molar-refractivity contribution < 1.29 is 4.74 Å². The minimum absolute atomic E-state index is 0.0648. The van der Waals surface area contributed by atoms with Gasteiger partial charge in [0, 0.05) is 33.9 Å². The van der Waals surface area contributed by atoms with E-state index in [4.69, 9.17) is 14.7 Å². The van der Waals surface area contributed by atoms with E-state index < -0.39 is 0 Å². The molecule has 0 atom stereocenters. The fraction of sp³-hybridized carbons (Fsp3) is 0.226. The summed E-state index contributed by atoms with van der Waals surface area (Å²) in [6.45, 7) is 13.2. The Morgan fingerprint density at radius 2 is 1.31 bits per heavy atom. The minimum Gasteiger partial charge on any atom is -0.448 e. The standard InChI is InChI=1S/C31H29N3O/c1-18-11-12-22-17-33-30-28(25(22)13-18)35-27-24-10-8-7-9-21(24)16-32-29(27)34(30)26-19(2)14-23(15-20(26)3)31(4,5)6/h7-17H,1-6H3. The van der Waals surface area contributed by atoms with E-state index in [0.717, 1.165) is 50.4 Å². The van der Waals surface area contributed by atoms with Crippen LogP contribution in [0.3, 0.4) is 0 Å². The molecule has 35 heavy (non-hydrogen) atoms. The van der Waals surface area contributed by atoms with E-state index in [-0.39, 0.29) is 5.41 Å². The molecule has 0 saturated heterocycles. The van der Waals surface area contributed by atoms with E-state index in [0.29, 0.717) is 0 Å². The third-order valence-electron chi connectivity index (χ3n) is 6.93. The van der Waals surface area contributed by atoms with Crippen molar-refractivity contribution >= 4 is 38.9 Å². The Morgan fingerprint density at radius 3 is 1.97 bits per heavy atom. The van der Waals surface area contributed by atoms with Crippen molar-refractivity contribution in [1.82, 2.24) is 9.97 Å². The van der Waals surface area contributed by atoms with Gasteiger partial charge in [-0.25, -0.2) is 9.97 Å². The largest absolute Gasteiger partial charge is 0.448 e. The molecule has 0 saturated carbocycles. The Bertz CT molecular complexity index is 1620. The molecule has 2 aromatic heterocycles. The van der Waals surface area contributed by atoms with Crippen molar-refractivity contribution in [3.8, 4) is 11.5 Å². The highest BCUT2D eigenvalue weighted by molar-refractivity contribution is 6.02. The fourth-order valence-corrected chi connectivity index (χ4v) is 5.09. The summed E-state index contributed by atoms with van der Waals surface area (Å²) >= 11 is 0. The van der Waals surface area contributed by atoms with E-state index in [9.17, 15) is 0 Å². The summed E-state index contributed by atoms with van der Waals surface area (Å²) in [6, 6.07) is 19.2. The number of fused-ring (bicyclic) bond motifs is 6. The zero-order chi connectivity index (χ0) is 24.5. The van der Waals surface area contributed by atoms with E-state index >= 15 is 0 Å². The predicted molar refractivity (Wildman–Crippen MR) is 145 cm³/mol. The number of anilines is 3. The van der Waals surface area contributed by atoms with Crippen molar-refractivity contribution in [2.45, 2.75) is 47.0 Å². The zero-order valence-corrected chi connectivity index (χ0v) is 21.1. The quantitative estimate of drug-likeness (QED) is 0.247. The number of aromatic nitrogens is 2. The van der Waals surface area contributed by atoms with Crippen LogP contribution in [0, 0.1) is 20.8 Å². The number of hydrogen-bond donors (Lipinski definition) is 0. The van der Waals surface area contributed by atoms with Gasteiger partial charge in [-0.05, 0) is 48.9 Å². The molecule has 0 amide bonds. The van der Waals surface area contributed by atoms with Gasteiger partial charge in [-0.3, -0.25) is 4.90 Å². The third kappa shape index (κ3) is 3.35. The molecular formula is C31H29N3O. The van der Waals surface area contributed by atoms with Crippen LogP contribution in [0.15, 0.2) is 67.0 Å².